The second kappa shape index (κ2) is 3.40. The van der Waals surface area contributed by atoms with Gasteiger partial charge in [0.2, 0.25) is 0 Å². The minimum atomic E-state index is -2.52. The van der Waals surface area contributed by atoms with Crippen molar-refractivity contribution < 1.29 is 13.9 Å². The summed E-state index contributed by atoms with van der Waals surface area (Å²) in [7, 11) is 0. The van der Waals surface area contributed by atoms with Gasteiger partial charge in [-0.15, -0.1) is 12.6 Å². The number of hydrogen-bond donors (Lipinski definition) is 2. The van der Waals surface area contributed by atoms with E-state index in [1.807, 2.05) is 0 Å². The Morgan fingerprint density at radius 3 is 2.71 bits per heavy atom. The number of aromatic hydroxyl groups is 1. The van der Waals surface area contributed by atoms with Crippen molar-refractivity contribution in [3.63, 3.8) is 0 Å². The van der Waals surface area contributed by atoms with Gasteiger partial charge in [0.25, 0.3) is 6.43 Å². The topological polar surface area (TPSA) is 20.2 Å². The van der Waals surface area contributed by atoms with Crippen LogP contribution in [0.1, 0.15) is 12.0 Å². The molecule has 14 heavy (non-hydrogen) atoms. The molecule has 0 saturated heterocycles. The van der Waals surface area contributed by atoms with Crippen LogP contribution in [0.4, 0.5) is 8.78 Å². The van der Waals surface area contributed by atoms with Crippen LogP contribution < -0.4 is 0 Å². The summed E-state index contributed by atoms with van der Waals surface area (Å²) in [5, 5.41) is 9.83. The van der Waals surface area contributed by atoms with Crippen molar-refractivity contribution in [2.75, 3.05) is 0 Å². The molecule has 5 heteroatoms. The lowest BCUT2D eigenvalue weighted by Crippen LogP contribution is -1.83. The summed E-state index contributed by atoms with van der Waals surface area (Å²) in [6, 6.07) is 4.30. The fraction of sp³-hybridized carbons (Fsp3) is 0.111. The average Bonchev–Trinajstić information content (AvgIpc) is 2.47. The van der Waals surface area contributed by atoms with E-state index >= 15 is 0 Å². The van der Waals surface area contributed by atoms with Crippen molar-refractivity contribution in [1.82, 2.24) is 0 Å². The van der Waals surface area contributed by atoms with Gasteiger partial charge in [0.05, 0.1) is 0 Å². The third-order valence-electron chi connectivity index (χ3n) is 1.91. The fourth-order valence-corrected chi connectivity index (χ4v) is 2.56. The molecule has 1 N–H and O–H groups in total. The highest BCUT2D eigenvalue weighted by atomic mass is 32.1. The normalized spacial score (nSPS) is 11.4. The van der Waals surface area contributed by atoms with Crippen molar-refractivity contribution in [2.24, 2.45) is 0 Å². The largest absolute Gasteiger partial charge is 0.499 e. The average molecular weight is 232 g/mol. The highest BCUT2D eigenvalue weighted by Crippen LogP contribution is 2.39. The lowest BCUT2D eigenvalue weighted by molar-refractivity contribution is 0.153. The highest BCUT2D eigenvalue weighted by molar-refractivity contribution is 7.80. The Morgan fingerprint density at radius 2 is 2.07 bits per heavy atom. The smallest absolute Gasteiger partial charge is 0.265 e. The molecule has 0 radical (unpaired) electrons. The van der Waals surface area contributed by atoms with E-state index in [-0.39, 0.29) is 10.6 Å². The second-order valence-corrected chi connectivity index (χ2v) is 4.31. The van der Waals surface area contributed by atoms with E-state index in [1.54, 1.807) is 0 Å². The number of thiophene rings is 1. The molecule has 0 unspecified atom stereocenters. The minimum Gasteiger partial charge on any atom is -0.499 e. The SMILES string of the molecule is Oc1cc2c(S)ccc(C(F)F)c2s1. The number of rotatable bonds is 1. The van der Waals surface area contributed by atoms with E-state index in [9.17, 15) is 13.9 Å². The number of benzene rings is 1. The summed E-state index contributed by atoms with van der Waals surface area (Å²) < 4.78 is 25.5. The van der Waals surface area contributed by atoms with E-state index < -0.39 is 6.43 Å². The monoisotopic (exact) mass is 232 g/mol. The van der Waals surface area contributed by atoms with Crippen molar-refractivity contribution in [3.8, 4) is 5.06 Å². The van der Waals surface area contributed by atoms with E-state index in [1.165, 1.54) is 18.2 Å². The van der Waals surface area contributed by atoms with E-state index in [0.29, 0.717) is 15.0 Å². The molecule has 0 saturated carbocycles. The lowest BCUT2D eigenvalue weighted by atomic mass is 10.2. The quantitative estimate of drug-likeness (QED) is 0.716. The Kier molecular flexibility index (Phi) is 2.36. The molecule has 1 nitrogen and oxygen atoms in total. The molecule has 0 aliphatic carbocycles. The van der Waals surface area contributed by atoms with Gasteiger partial charge in [-0.1, -0.05) is 17.4 Å². The standard InChI is InChI=1S/C9H6F2OS2/c10-9(11)4-1-2-6(13)5-3-7(12)14-8(4)5/h1-3,9,12-13H. The highest BCUT2D eigenvalue weighted by Gasteiger charge is 2.15. The minimum absolute atomic E-state index is 0.0309. The molecule has 0 bridgehead atoms. The summed E-state index contributed by atoms with van der Waals surface area (Å²) in [4.78, 5) is 0.598. The van der Waals surface area contributed by atoms with Gasteiger partial charge in [-0.2, -0.15) is 0 Å². The maximum Gasteiger partial charge on any atom is 0.265 e. The molecule has 0 spiro atoms. The maximum atomic E-state index is 12.5. The van der Waals surface area contributed by atoms with E-state index in [4.69, 9.17) is 0 Å². The number of fused-ring (bicyclic) bond motifs is 1. The Hall–Kier alpha value is -0.810. The van der Waals surface area contributed by atoms with Crippen LogP contribution in [0.25, 0.3) is 10.1 Å². The van der Waals surface area contributed by atoms with Crippen LogP contribution in [0.15, 0.2) is 23.1 Å². The molecule has 2 rings (SSSR count). The van der Waals surface area contributed by atoms with Crippen LogP contribution in [-0.4, -0.2) is 5.11 Å². The zero-order valence-corrected chi connectivity index (χ0v) is 8.58. The van der Waals surface area contributed by atoms with Gasteiger partial charge in [-0.25, -0.2) is 8.78 Å². The summed E-state index contributed by atoms with van der Waals surface area (Å²) >= 11 is 5.08. The number of alkyl halides is 2. The van der Waals surface area contributed by atoms with Gasteiger partial charge in [-0.05, 0) is 6.07 Å². The predicted molar refractivity (Wildman–Crippen MR) is 55.7 cm³/mol. The molecule has 0 amide bonds. The van der Waals surface area contributed by atoms with Gasteiger partial charge in [0, 0.05) is 26.6 Å². The Morgan fingerprint density at radius 1 is 1.36 bits per heavy atom. The molecule has 1 heterocycles. The molecule has 1 aromatic heterocycles. The van der Waals surface area contributed by atoms with Gasteiger partial charge in [0.15, 0.2) is 5.06 Å². The molecule has 2 aromatic rings. The summed E-state index contributed by atoms with van der Waals surface area (Å²) in [5.74, 6) is 0. The zero-order valence-electron chi connectivity index (χ0n) is 6.87. The van der Waals surface area contributed by atoms with Crippen molar-refractivity contribution in [3.05, 3.63) is 23.8 Å². The van der Waals surface area contributed by atoms with Crippen LogP contribution in [-0.2, 0) is 0 Å². The van der Waals surface area contributed by atoms with E-state index in [2.05, 4.69) is 12.6 Å². The van der Waals surface area contributed by atoms with Crippen LogP contribution >= 0.6 is 24.0 Å². The number of thiol groups is 1. The summed E-state index contributed by atoms with van der Waals surface area (Å²) in [5.41, 5.74) is -0.0527. The molecule has 1 aromatic carbocycles. The molecule has 0 fully saturated rings. The molecule has 74 valence electrons. The molecule has 0 atom stereocenters. The van der Waals surface area contributed by atoms with Crippen molar-refractivity contribution in [1.29, 1.82) is 0 Å². The zero-order chi connectivity index (χ0) is 10.3. The van der Waals surface area contributed by atoms with Gasteiger partial charge in [-0.3, -0.25) is 0 Å². The maximum absolute atomic E-state index is 12.5. The molecular weight excluding hydrogens is 226 g/mol. The van der Waals surface area contributed by atoms with Gasteiger partial charge in [0.1, 0.15) is 0 Å². The van der Waals surface area contributed by atoms with Crippen molar-refractivity contribution >= 4 is 34.1 Å². The van der Waals surface area contributed by atoms with E-state index in [0.717, 1.165) is 11.3 Å². The van der Waals surface area contributed by atoms with Crippen LogP contribution in [0.2, 0.25) is 0 Å². The van der Waals surface area contributed by atoms with Crippen molar-refractivity contribution in [2.45, 2.75) is 11.3 Å². The van der Waals surface area contributed by atoms with Crippen LogP contribution in [0.3, 0.4) is 0 Å². The number of halogens is 2. The van der Waals surface area contributed by atoms with Gasteiger partial charge >= 0.3 is 0 Å². The predicted octanol–water partition coefficient (Wildman–Crippen LogP) is 3.83. The fourth-order valence-electron chi connectivity index (χ4n) is 1.29. The summed E-state index contributed by atoms with van der Waals surface area (Å²) in [6.45, 7) is 0. The Labute approximate surface area is 88.4 Å². The Bertz CT molecular complexity index is 479. The molecular formula is C9H6F2OS2. The second-order valence-electron chi connectivity index (χ2n) is 2.80. The summed E-state index contributed by atoms with van der Waals surface area (Å²) in [6.07, 6.45) is -2.52. The van der Waals surface area contributed by atoms with Gasteiger partial charge < -0.3 is 5.11 Å². The first-order valence-corrected chi connectivity index (χ1v) is 5.08. The first kappa shape index (κ1) is 9.73. The molecule has 0 aliphatic heterocycles. The van der Waals surface area contributed by atoms with Crippen LogP contribution in [0.5, 0.6) is 5.06 Å². The third kappa shape index (κ3) is 1.46. The van der Waals surface area contributed by atoms with Crippen LogP contribution in [0, 0.1) is 0 Å². The number of hydrogen-bond acceptors (Lipinski definition) is 3. The molecule has 0 aliphatic rings. The first-order chi connectivity index (χ1) is 6.59. The third-order valence-corrected chi connectivity index (χ3v) is 3.29. The first-order valence-electron chi connectivity index (χ1n) is 3.82. The lowest BCUT2D eigenvalue weighted by Gasteiger charge is -2.02. The Balaban J connectivity index is 2.81.